The van der Waals surface area contributed by atoms with E-state index in [0.717, 1.165) is 30.9 Å². The van der Waals surface area contributed by atoms with E-state index in [1.807, 2.05) is 11.8 Å². The molecule has 0 aliphatic rings. The van der Waals surface area contributed by atoms with Crippen LogP contribution in [-0.4, -0.2) is 144 Å². The summed E-state index contributed by atoms with van der Waals surface area (Å²) in [5.74, 6) is -0.236. The molecule has 1 aromatic rings. The van der Waals surface area contributed by atoms with E-state index in [-0.39, 0.29) is 54.3 Å². The topological polar surface area (TPSA) is 218 Å². The van der Waals surface area contributed by atoms with Crippen LogP contribution in [0.15, 0.2) is 23.8 Å². The predicted octanol–water partition coefficient (Wildman–Crippen LogP) is 2.63. The van der Waals surface area contributed by atoms with Crippen molar-refractivity contribution in [3.05, 3.63) is 24.4 Å². The van der Waals surface area contributed by atoms with Crippen LogP contribution in [0.2, 0.25) is 0 Å². The third-order valence-electron chi connectivity index (χ3n) is 7.28. The van der Waals surface area contributed by atoms with Gasteiger partial charge in [0.25, 0.3) is 5.91 Å². The number of ether oxygens (including phenoxy) is 4. The molecule has 5 N–H and O–H groups in total. The molecule has 0 aliphatic carbocycles. The molecular formula is C39H71N9O9S2. The monoisotopic (exact) mass is 873 g/mol. The molecule has 1 aromatic heterocycles. The van der Waals surface area contributed by atoms with Crippen LogP contribution in [0.4, 0.5) is 0 Å². The van der Waals surface area contributed by atoms with E-state index in [0.29, 0.717) is 63.5 Å². The lowest BCUT2D eigenvalue weighted by atomic mass is 9.93. The van der Waals surface area contributed by atoms with E-state index in [1.54, 1.807) is 22.6 Å². The van der Waals surface area contributed by atoms with E-state index in [2.05, 4.69) is 111 Å². The summed E-state index contributed by atoms with van der Waals surface area (Å²) in [4.78, 5) is 53.8. The highest BCUT2D eigenvalue weighted by Crippen LogP contribution is 2.26. The van der Waals surface area contributed by atoms with Crippen LogP contribution in [0, 0.1) is 5.41 Å². The van der Waals surface area contributed by atoms with Crippen molar-refractivity contribution in [2.45, 2.75) is 97.8 Å². The SMILES string of the molecule is C=C(NCCNC(=O)CNC(=O)CNC(=O)CNC(=O)CO/N=C(/CCSC(C)(C)C)CSC(C)(C)C)OCc1cn(CCOCCOCCOCCC(C)(C)C)nn1. The Balaban J connectivity index is 2.12. The van der Waals surface area contributed by atoms with Gasteiger partial charge in [-0.2, -0.15) is 11.8 Å². The molecule has 0 saturated carbocycles. The van der Waals surface area contributed by atoms with Gasteiger partial charge in [0.05, 0.1) is 71.1 Å². The van der Waals surface area contributed by atoms with Crippen LogP contribution in [0.1, 0.15) is 80.8 Å². The molecule has 0 saturated heterocycles. The largest absolute Gasteiger partial charge is 0.473 e. The maximum absolute atomic E-state index is 12.2. The Kier molecular flexibility index (Phi) is 26.8. The Morgan fingerprint density at radius 2 is 1.27 bits per heavy atom. The molecule has 18 nitrogen and oxygen atoms in total. The van der Waals surface area contributed by atoms with Gasteiger partial charge in [-0.25, -0.2) is 4.68 Å². The number of hydrogen-bond donors (Lipinski definition) is 5. The van der Waals surface area contributed by atoms with Crippen molar-refractivity contribution in [3.63, 3.8) is 0 Å². The van der Waals surface area contributed by atoms with Gasteiger partial charge in [0, 0.05) is 34.9 Å². The highest BCUT2D eigenvalue weighted by atomic mass is 32.2. The molecule has 0 aliphatic heterocycles. The molecule has 0 spiro atoms. The second-order valence-corrected chi connectivity index (χ2v) is 20.2. The first-order valence-corrected chi connectivity index (χ1v) is 21.9. The number of carbonyl (C=O) groups excluding carboxylic acids is 4. The minimum Gasteiger partial charge on any atom is -0.473 e. The molecule has 0 unspecified atom stereocenters. The maximum Gasteiger partial charge on any atom is 0.261 e. The zero-order valence-corrected chi connectivity index (χ0v) is 38.4. The number of nitrogens with zero attached hydrogens (tertiary/aromatic N) is 4. The number of rotatable bonds is 32. The number of aromatic nitrogens is 3. The van der Waals surface area contributed by atoms with Gasteiger partial charge in [0.1, 0.15) is 12.3 Å². The summed E-state index contributed by atoms with van der Waals surface area (Å²) in [6.45, 7) is 26.4. The number of oxime groups is 1. The lowest BCUT2D eigenvalue weighted by Crippen LogP contribution is -2.45. The van der Waals surface area contributed by atoms with Gasteiger partial charge in [-0.15, -0.1) is 16.9 Å². The lowest BCUT2D eigenvalue weighted by molar-refractivity contribution is -0.130. The Labute approximate surface area is 359 Å². The standard InChI is InChI=1S/C39H71N9O9S2/c1-30(56-27-32-26-48(47-45-32)15-17-54-19-21-55-20-18-53-16-12-37(2,3)4)40-13-14-41-33(49)23-42-34(50)24-43-35(51)25-44-36(52)28-57-46-31(29-59-39(8,9)10)11-22-58-38(5,6)7/h26,40H,1,11-25,27-29H2,2-10H3,(H,41,49)(H,42,50)(H,43,51)(H,44,52)/b46-31-. The molecule has 0 aromatic carbocycles. The normalized spacial score (nSPS) is 12.1. The molecular weight excluding hydrogens is 803 g/mol. The fraction of sp³-hybridized carbons (Fsp3) is 0.769. The van der Waals surface area contributed by atoms with E-state index in [4.69, 9.17) is 23.8 Å². The van der Waals surface area contributed by atoms with Gasteiger partial charge in [-0.3, -0.25) is 19.2 Å². The average Bonchev–Trinajstić information content (AvgIpc) is 3.60. The molecule has 0 fully saturated rings. The van der Waals surface area contributed by atoms with Crippen molar-refractivity contribution < 1.29 is 43.0 Å². The summed E-state index contributed by atoms with van der Waals surface area (Å²) in [6, 6.07) is 0. The maximum atomic E-state index is 12.2. The molecule has 0 bridgehead atoms. The van der Waals surface area contributed by atoms with Gasteiger partial charge in [0.2, 0.25) is 17.7 Å². The van der Waals surface area contributed by atoms with E-state index >= 15 is 0 Å². The van der Waals surface area contributed by atoms with E-state index < -0.39 is 23.6 Å². The highest BCUT2D eigenvalue weighted by Gasteiger charge is 2.16. The van der Waals surface area contributed by atoms with Gasteiger partial charge in [0.15, 0.2) is 12.5 Å². The van der Waals surface area contributed by atoms with Gasteiger partial charge in [-0.1, -0.05) is 72.7 Å². The number of hydrogen-bond acceptors (Lipinski definition) is 15. The van der Waals surface area contributed by atoms with Crippen molar-refractivity contribution in [2.24, 2.45) is 10.6 Å². The minimum atomic E-state index is -0.576. The molecule has 4 amide bonds. The first kappa shape index (κ1) is 53.4. The Bertz CT molecular complexity index is 1430. The molecule has 0 atom stereocenters. The van der Waals surface area contributed by atoms with Crippen molar-refractivity contribution in [1.29, 1.82) is 0 Å². The number of amides is 4. The second-order valence-electron chi connectivity index (χ2n) is 16.5. The Morgan fingerprint density at radius 3 is 1.86 bits per heavy atom. The fourth-order valence-corrected chi connectivity index (χ4v) is 5.83. The second kappa shape index (κ2) is 29.6. The van der Waals surface area contributed by atoms with Crippen LogP contribution in [-0.2, 0) is 56.1 Å². The number of nitrogens with one attached hydrogen (secondary N) is 5. The number of carbonyl (C=O) groups is 4. The first-order valence-electron chi connectivity index (χ1n) is 19.9. The fourth-order valence-electron chi connectivity index (χ4n) is 4.08. The Hall–Kier alpha value is -3.59. The summed E-state index contributed by atoms with van der Waals surface area (Å²) in [6.07, 6.45) is 3.50. The molecule has 1 heterocycles. The molecule has 20 heteroatoms. The quantitative estimate of drug-likeness (QED) is 0.0305. The van der Waals surface area contributed by atoms with Crippen LogP contribution in [0.5, 0.6) is 0 Å². The van der Waals surface area contributed by atoms with Crippen molar-refractivity contribution in [3.8, 4) is 0 Å². The predicted molar refractivity (Wildman–Crippen MR) is 233 cm³/mol. The summed E-state index contributed by atoms with van der Waals surface area (Å²) >= 11 is 3.58. The van der Waals surface area contributed by atoms with Crippen molar-refractivity contribution in [1.82, 2.24) is 41.6 Å². The Morgan fingerprint density at radius 1 is 0.729 bits per heavy atom. The summed E-state index contributed by atoms with van der Waals surface area (Å²) < 4.78 is 24.1. The van der Waals surface area contributed by atoms with E-state index in [9.17, 15) is 19.2 Å². The summed E-state index contributed by atoms with van der Waals surface area (Å²) in [5, 5.41) is 25.2. The van der Waals surface area contributed by atoms with Crippen LogP contribution < -0.4 is 26.6 Å². The van der Waals surface area contributed by atoms with Gasteiger partial charge >= 0.3 is 0 Å². The van der Waals surface area contributed by atoms with Crippen LogP contribution in [0.3, 0.4) is 0 Å². The zero-order valence-electron chi connectivity index (χ0n) is 36.8. The molecule has 338 valence electrons. The minimum absolute atomic E-state index is 0.0570. The number of thioether (sulfide) groups is 2. The molecule has 0 radical (unpaired) electrons. The highest BCUT2D eigenvalue weighted by molar-refractivity contribution is 8.01. The lowest BCUT2D eigenvalue weighted by Gasteiger charge is -2.20. The molecule has 1 rings (SSSR count). The van der Waals surface area contributed by atoms with Crippen molar-refractivity contribution >= 4 is 52.9 Å². The third-order valence-corrected chi connectivity index (χ3v) is 9.90. The first-order chi connectivity index (χ1) is 27.7. The average molecular weight is 874 g/mol. The van der Waals surface area contributed by atoms with Crippen LogP contribution >= 0.6 is 23.5 Å². The summed E-state index contributed by atoms with van der Waals surface area (Å²) in [7, 11) is 0. The molecule has 59 heavy (non-hydrogen) atoms. The van der Waals surface area contributed by atoms with Gasteiger partial charge in [-0.05, 0) is 30.6 Å². The van der Waals surface area contributed by atoms with E-state index in [1.165, 1.54) is 0 Å². The smallest absolute Gasteiger partial charge is 0.261 e. The van der Waals surface area contributed by atoms with Gasteiger partial charge < -0.3 is 50.4 Å². The van der Waals surface area contributed by atoms with Crippen LogP contribution in [0.25, 0.3) is 0 Å². The summed E-state index contributed by atoms with van der Waals surface area (Å²) in [5.41, 5.74) is 1.73. The third kappa shape index (κ3) is 33.9. The zero-order chi connectivity index (χ0) is 44.2. The van der Waals surface area contributed by atoms with Crippen molar-refractivity contribution in [2.75, 3.05) is 90.5 Å².